The van der Waals surface area contributed by atoms with E-state index in [4.69, 9.17) is 14.2 Å². The van der Waals surface area contributed by atoms with Crippen LogP contribution in [0.15, 0.2) is 0 Å². The zero-order valence-electron chi connectivity index (χ0n) is 6.84. The van der Waals surface area contributed by atoms with E-state index in [0.717, 1.165) is 0 Å². The highest BCUT2D eigenvalue weighted by Crippen LogP contribution is 2.15. The Kier molecular flexibility index (Phi) is 6.97. The van der Waals surface area contributed by atoms with Gasteiger partial charge in [-0.15, -0.1) is 0 Å². The van der Waals surface area contributed by atoms with Gasteiger partial charge in [-0.05, 0) is 0 Å². The minimum atomic E-state index is -0.833. The van der Waals surface area contributed by atoms with Gasteiger partial charge in [0.05, 0.1) is 0 Å². The van der Waals surface area contributed by atoms with Crippen LogP contribution in [0.25, 0.3) is 0 Å². The molecule has 10 heavy (non-hydrogen) atoms. The molecule has 0 N–H and O–H groups in total. The van der Waals surface area contributed by atoms with E-state index in [1.807, 2.05) is 6.92 Å². The zero-order chi connectivity index (χ0) is 7.33. The summed E-state index contributed by atoms with van der Waals surface area (Å²) in [5.41, 5.74) is 0. The molecule has 3 nitrogen and oxygen atoms in total. The minimum absolute atomic E-state index is 0. The van der Waals surface area contributed by atoms with Gasteiger partial charge in [0.2, 0.25) is 0 Å². The molecule has 0 atom stereocenters. The van der Waals surface area contributed by atoms with Crippen LogP contribution in [0.4, 0.5) is 4.70 Å². The van der Waals surface area contributed by atoms with Crippen LogP contribution >= 0.6 is 0 Å². The second-order valence-electron chi connectivity index (χ2n) is 1.65. The fraction of sp³-hybridized carbons (Fsp3) is 1.00. The van der Waals surface area contributed by atoms with Gasteiger partial charge in [0, 0.05) is 27.8 Å². The Morgan fingerprint density at radius 2 is 1.30 bits per heavy atom. The van der Waals surface area contributed by atoms with Crippen molar-refractivity contribution in [3.8, 4) is 0 Å². The lowest BCUT2D eigenvalue weighted by molar-refractivity contribution is -0.352. The van der Waals surface area contributed by atoms with Gasteiger partial charge in [-0.2, -0.15) is 0 Å². The molecule has 4 heteroatoms. The Bertz CT molecular complexity index is 55.9. The van der Waals surface area contributed by atoms with Crippen molar-refractivity contribution in [3.63, 3.8) is 0 Å². The van der Waals surface area contributed by atoms with E-state index in [9.17, 15) is 0 Å². The smallest absolute Gasteiger partial charge is 0.281 e. The second-order valence-corrected chi connectivity index (χ2v) is 1.65. The molecule has 0 unspecified atom stereocenters. The van der Waals surface area contributed by atoms with Crippen LogP contribution in [0.1, 0.15) is 13.3 Å². The van der Waals surface area contributed by atoms with E-state index in [0.29, 0.717) is 6.42 Å². The largest absolute Gasteiger partial charge is 0.331 e. The summed E-state index contributed by atoms with van der Waals surface area (Å²) in [6.07, 6.45) is 0.677. The second kappa shape index (κ2) is 5.58. The quantitative estimate of drug-likeness (QED) is 0.568. The molecule has 0 bridgehead atoms. The summed E-state index contributed by atoms with van der Waals surface area (Å²) in [6, 6.07) is 0. The molecule has 0 saturated carbocycles. The van der Waals surface area contributed by atoms with E-state index in [2.05, 4.69) is 0 Å². The van der Waals surface area contributed by atoms with Gasteiger partial charge in [0.15, 0.2) is 0 Å². The highest BCUT2D eigenvalue weighted by atomic mass is 19.0. The normalized spacial score (nSPS) is 10.8. The van der Waals surface area contributed by atoms with Crippen LogP contribution < -0.4 is 0 Å². The van der Waals surface area contributed by atoms with Gasteiger partial charge in [0.1, 0.15) is 0 Å². The van der Waals surface area contributed by atoms with E-state index < -0.39 is 5.97 Å². The molecule has 0 radical (unpaired) electrons. The number of rotatable bonds is 4. The van der Waals surface area contributed by atoms with Crippen LogP contribution in [0.2, 0.25) is 0 Å². The molecule has 0 aliphatic carbocycles. The molecule has 0 aliphatic heterocycles. The lowest BCUT2D eigenvalue weighted by Gasteiger charge is -2.26. The van der Waals surface area contributed by atoms with Crippen LogP contribution in [-0.2, 0) is 14.2 Å². The van der Waals surface area contributed by atoms with Crippen molar-refractivity contribution in [2.45, 2.75) is 19.3 Å². The summed E-state index contributed by atoms with van der Waals surface area (Å²) in [4.78, 5) is 0. The molecule has 0 fully saturated rings. The molecular weight excluding hydrogens is 139 g/mol. The molecule has 0 heterocycles. The first-order chi connectivity index (χ1) is 4.24. The third-order valence-corrected chi connectivity index (χ3v) is 1.37. The van der Waals surface area contributed by atoms with Crippen molar-refractivity contribution in [3.05, 3.63) is 0 Å². The van der Waals surface area contributed by atoms with Gasteiger partial charge in [-0.1, -0.05) is 6.92 Å². The van der Waals surface area contributed by atoms with Crippen molar-refractivity contribution in [1.29, 1.82) is 0 Å². The Hall–Kier alpha value is -0.190. The maximum absolute atomic E-state index is 4.94. The van der Waals surface area contributed by atoms with Crippen molar-refractivity contribution in [1.82, 2.24) is 0 Å². The van der Waals surface area contributed by atoms with Crippen molar-refractivity contribution >= 4 is 0 Å². The summed E-state index contributed by atoms with van der Waals surface area (Å²) < 4.78 is 14.8. The average molecular weight is 154 g/mol. The molecule has 64 valence electrons. The topological polar surface area (TPSA) is 27.7 Å². The van der Waals surface area contributed by atoms with E-state index in [-0.39, 0.29) is 4.70 Å². The highest BCUT2D eigenvalue weighted by molar-refractivity contribution is 4.48. The molecule has 0 amide bonds. The van der Waals surface area contributed by atoms with Crippen molar-refractivity contribution in [2.24, 2.45) is 0 Å². The lowest BCUT2D eigenvalue weighted by atomic mass is 10.4. The third kappa shape index (κ3) is 2.60. The summed E-state index contributed by atoms with van der Waals surface area (Å²) in [5.74, 6) is -0.833. The number of halogens is 1. The maximum Gasteiger partial charge on any atom is 0.281 e. The third-order valence-electron chi connectivity index (χ3n) is 1.37. The fourth-order valence-electron chi connectivity index (χ4n) is 0.683. The van der Waals surface area contributed by atoms with Crippen molar-refractivity contribution < 1.29 is 18.9 Å². The van der Waals surface area contributed by atoms with Crippen LogP contribution in [0.5, 0.6) is 0 Å². The average Bonchev–Trinajstić information content (AvgIpc) is 1.95. The number of ether oxygens (including phenoxy) is 3. The SMILES string of the molecule is CCC(OC)(OC)OC.F. The Labute approximate surface area is 60.6 Å². The minimum Gasteiger partial charge on any atom is -0.331 e. The number of hydrogen-bond acceptors (Lipinski definition) is 3. The van der Waals surface area contributed by atoms with Gasteiger partial charge in [0.25, 0.3) is 5.97 Å². The predicted octanol–water partition coefficient (Wildman–Crippen LogP) is 1.14. The maximum atomic E-state index is 4.94. The van der Waals surface area contributed by atoms with E-state index in [1.54, 1.807) is 21.3 Å². The Balaban J connectivity index is 0. The molecule has 0 rings (SSSR count). The molecule has 0 aromatic rings. The van der Waals surface area contributed by atoms with Crippen LogP contribution in [0.3, 0.4) is 0 Å². The van der Waals surface area contributed by atoms with Gasteiger partial charge in [-0.25, -0.2) is 0 Å². The summed E-state index contributed by atoms with van der Waals surface area (Å²) in [7, 11) is 4.66. The molecule has 0 saturated heterocycles. The first-order valence-corrected chi connectivity index (χ1v) is 2.90. The fourth-order valence-corrected chi connectivity index (χ4v) is 0.683. The van der Waals surface area contributed by atoms with Gasteiger partial charge in [-0.3, -0.25) is 4.70 Å². The Morgan fingerprint density at radius 3 is 1.30 bits per heavy atom. The number of methoxy groups -OCH3 is 3. The lowest BCUT2D eigenvalue weighted by Crippen LogP contribution is -2.34. The number of hydrogen-bond donors (Lipinski definition) is 0. The van der Waals surface area contributed by atoms with Gasteiger partial charge < -0.3 is 14.2 Å². The van der Waals surface area contributed by atoms with Crippen molar-refractivity contribution in [2.75, 3.05) is 21.3 Å². The Morgan fingerprint density at radius 1 is 1.00 bits per heavy atom. The first kappa shape index (κ1) is 12.5. The van der Waals surface area contributed by atoms with Gasteiger partial charge >= 0.3 is 0 Å². The molecule has 0 aromatic heterocycles. The molecule has 0 aliphatic rings. The molecular formula is C6H15FO3. The predicted molar refractivity (Wildman–Crippen MR) is 36.6 cm³/mol. The molecule has 0 aromatic carbocycles. The van der Waals surface area contributed by atoms with Crippen LogP contribution in [-0.4, -0.2) is 27.3 Å². The standard InChI is InChI=1S/C6H14O3.FH/c1-5-6(7-2,8-3)9-4;/h5H2,1-4H3;1H. The molecule has 0 spiro atoms. The monoisotopic (exact) mass is 154 g/mol. The zero-order valence-corrected chi connectivity index (χ0v) is 6.84. The van der Waals surface area contributed by atoms with E-state index >= 15 is 0 Å². The summed E-state index contributed by atoms with van der Waals surface area (Å²) >= 11 is 0. The highest BCUT2D eigenvalue weighted by Gasteiger charge is 2.25. The summed E-state index contributed by atoms with van der Waals surface area (Å²) in [6.45, 7) is 1.93. The van der Waals surface area contributed by atoms with E-state index in [1.165, 1.54) is 0 Å². The van der Waals surface area contributed by atoms with Crippen LogP contribution in [0, 0.1) is 0 Å². The first-order valence-electron chi connectivity index (χ1n) is 2.90. The summed E-state index contributed by atoms with van der Waals surface area (Å²) in [5, 5.41) is 0.